The van der Waals surface area contributed by atoms with Gasteiger partial charge in [0.15, 0.2) is 0 Å². The van der Waals surface area contributed by atoms with Gasteiger partial charge >= 0.3 is 0 Å². The smallest absolute Gasteiger partial charge is 0.209 e. The molecule has 1 aliphatic rings. The Kier molecular flexibility index (Phi) is 1.01. The average Bonchev–Trinajstić information content (AvgIpc) is 1.60. The van der Waals surface area contributed by atoms with Crippen LogP contribution in [0.15, 0.2) is 0 Å². The Balaban J connectivity index is 2.31. The summed E-state index contributed by atoms with van der Waals surface area (Å²) in [5.41, 5.74) is -0.610. The summed E-state index contributed by atoms with van der Waals surface area (Å²) in [5.74, 6) is 0. The molecule has 8 heavy (non-hydrogen) atoms. The van der Waals surface area contributed by atoms with Crippen LogP contribution >= 0.6 is 0 Å². The molecule has 0 aromatic heterocycles. The molecule has 1 amide bonds. The highest BCUT2D eigenvalue weighted by Crippen LogP contribution is 2.16. The molecule has 1 aliphatic heterocycles. The molecule has 0 atom stereocenters. The second-order valence-corrected chi connectivity index (χ2v) is 2.51. The SMILES string of the molecule is CC1(O)CN(C=O)C1. The maximum Gasteiger partial charge on any atom is 0.209 e. The van der Waals surface area contributed by atoms with E-state index in [-0.39, 0.29) is 0 Å². The number of hydrogen-bond acceptors (Lipinski definition) is 2. The van der Waals surface area contributed by atoms with E-state index in [0.29, 0.717) is 13.1 Å². The molecule has 0 spiro atoms. The van der Waals surface area contributed by atoms with Crippen LogP contribution in [0.5, 0.6) is 0 Å². The Labute approximate surface area is 47.9 Å². The highest BCUT2D eigenvalue weighted by molar-refractivity contribution is 5.49. The highest BCUT2D eigenvalue weighted by Gasteiger charge is 2.35. The van der Waals surface area contributed by atoms with Crippen LogP contribution in [0, 0.1) is 0 Å². The van der Waals surface area contributed by atoms with E-state index >= 15 is 0 Å². The van der Waals surface area contributed by atoms with E-state index in [1.54, 1.807) is 6.92 Å². The quantitative estimate of drug-likeness (QED) is 0.455. The Morgan fingerprint density at radius 1 is 1.75 bits per heavy atom. The maximum absolute atomic E-state index is 9.89. The molecule has 1 N–H and O–H groups in total. The molecule has 1 fully saturated rings. The first-order valence-corrected chi connectivity index (χ1v) is 2.56. The number of aliphatic hydroxyl groups is 1. The Hall–Kier alpha value is -0.570. The molecule has 1 heterocycles. The van der Waals surface area contributed by atoms with E-state index in [1.165, 1.54) is 4.90 Å². The summed E-state index contributed by atoms with van der Waals surface area (Å²) in [6.45, 7) is 2.68. The lowest BCUT2D eigenvalue weighted by atomic mass is 9.98. The molecule has 0 bridgehead atoms. The van der Waals surface area contributed by atoms with Crippen LogP contribution < -0.4 is 0 Å². The lowest BCUT2D eigenvalue weighted by Crippen LogP contribution is -2.58. The molecular formula is C5H9NO2. The molecule has 0 unspecified atom stereocenters. The third kappa shape index (κ3) is 0.816. The van der Waals surface area contributed by atoms with Crippen molar-refractivity contribution in [2.45, 2.75) is 12.5 Å². The van der Waals surface area contributed by atoms with Gasteiger partial charge in [0, 0.05) is 0 Å². The zero-order valence-electron chi connectivity index (χ0n) is 4.79. The Morgan fingerprint density at radius 2 is 2.25 bits per heavy atom. The number of rotatable bonds is 1. The summed E-state index contributed by atoms with van der Waals surface area (Å²) in [6, 6.07) is 0. The number of carbonyl (C=O) groups excluding carboxylic acids is 1. The van der Waals surface area contributed by atoms with E-state index in [4.69, 9.17) is 5.11 Å². The van der Waals surface area contributed by atoms with E-state index in [9.17, 15) is 4.79 Å². The van der Waals surface area contributed by atoms with Crippen molar-refractivity contribution in [3.8, 4) is 0 Å². The predicted octanol–water partition coefficient (Wildman–Crippen LogP) is -0.791. The Bertz CT molecular complexity index is 103. The second-order valence-electron chi connectivity index (χ2n) is 2.51. The third-order valence-corrected chi connectivity index (χ3v) is 1.24. The van der Waals surface area contributed by atoms with E-state index in [0.717, 1.165) is 6.41 Å². The fraction of sp³-hybridized carbons (Fsp3) is 0.800. The van der Waals surface area contributed by atoms with Crippen LogP contribution in [0.1, 0.15) is 6.92 Å². The number of carbonyl (C=O) groups is 1. The first-order chi connectivity index (χ1) is 3.64. The van der Waals surface area contributed by atoms with Crippen molar-refractivity contribution in [1.82, 2.24) is 4.90 Å². The average molecular weight is 115 g/mol. The predicted molar refractivity (Wildman–Crippen MR) is 28.3 cm³/mol. The number of β-amino-alcohol motifs (C(OH)–C–C–N with tert-alkyl or cyclic N) is 1. The van der Waals surface area contributed by atoms with Gasteiger partial charge in [-0.2, -0.15) is 0 Å². The van der Waals surface area contributed by atoms with Crippen LogP contribution in [0.25, 0.3) is 0 Å². The summed E-state index contributed by atoms with van der Waals surface area (Å²) in [4.78, 5) is 11.4. The van der Waals surface area contributed by atoms with Crippen molar-refractivity contribution in [3.05, 3.63) is 0 Å². The van der Waals surface area contributed by atoms with Crippen molar-refractivity contribution in [3.63, 3.8) is 0 Å². The standard InChI is InChI=1S/C5H9NO2/c1-5(8)2-6(3-5)4-7/h4,8H,2-3H2,1H3. The normalized spacial score (nSPS) is 24.5. The molecule has 0 aromatic carbocycles. The van der Waals surface area contributed by atoms with Crippen LogP contribution in [-0.2, 0) is 4.79 Å². The molecule has 1 saturated heterocycles. The van der Waals surface area contributed by atoms with Gasteiger partial charge in [-0.05, 0) is 6.92 Å². The monoisotopic (exact) mass is 115 g/mol. The van der Waals surface area contributed by atoms with E-state index in [1.807, 2.05) is 0 Å². The summed E-state index contributed by atoms with van der Waals surface area (Å²) >= 11 is 0. The number of hydrogen-bond donors (Lipinski definition) is 1. The van der Waals surface area contributed by atoms with Crippen molar-refractivity contribution in [1.29, 1.82) is 0 Å². The van der Waals surface area contributed by atoms with Gasteiger partial charge in [-0.3, -0.25) is 4.79 Å². The number of nitrogens with zero attached hydrogens (tertiary/aromatic N) is 1. The lowest BCUT2D eigenvalue weighted by molar-refractivity contribution is -0.138. The van der Waals surface area contributed by atoms with E-state index in [2.05, 4.69) is 0 Å². The molecule has 0 radical (unpaired) electrons. The van der Waals surface area contributed by atoms with Gasteiger partial charge in [0.25, 0.3) is 0 Å². The largest absolute Gasteiger partial charge is 0.386 e. The molecular weight excluding hydrogens is 106 g/mol. The van der Waals surface area contributed by atoms with Crippen LogP contribution in [0.2, 0.25) is 0 Å². The zero-order chi connectivity index (χ0) is 6.20. The van der Waals surface area contributed by atoms with Crippen molar-refractivity contribution >= 4 is 6.41 Å². The minimum atomic E-state index is -0.610. The van der Waals surface area contributed by atoms with Crippen molar-refractivity contribution < 1.29 is 9.90 Å². The third-order valence-electron chi connectivity index (χ3n) is 1.24. The zero-order valence-corrected chi connectivity index (χ0v) is 4.79. The fourth-order valence-corrected chi connectivity index (χ4v) is 0.903. The second kappa shape index (κ2) is 1.45. The minimum absolute atomic E-state index is 0.483. The molecule has 3 heteroatoms. The van der Waals surface area contributed by atoms with Crippen LogP contribution in [-0.4, -0.2) is 35.1 Å². The minimum Gasteiger partial charge on any atom is -0.386 e. The fourth-order valence-electron chi connectivity index (χ4n) is 0.903. The van der Waals surface area contributed by atoms with Crippen LogP contribution in [0.4, 0.5) is 0 Å². The molecule has 0 aromatic rings. The first-order valence-electron chi connectivity index (χ1n) is 2.56. The summed E-state index contributed by atoms with van der Waals surface area (Å²) in [7, 11) is 0. The van der Waals surface area contributed by atoms with Gasteiger partial charge in [0.1, 0.15) is 0 Å². The maximum atomic E-state index is 9.89. The Morgan fingerprint density at radius 3 is 2.38 bits per heavy atom. The first kappa shape index (κ1) is 5.56. The summed E-state index contributed by atoms with van der Waals surface area (Å²) in [6.07, 6.45) is 0.748. The topological polar surface area (TPSA) is 40.5 Å². The molecule has 0 saturated carbocycles. The molecule has 0 aliphatic carbocycles. The van der Waals surface area contributed by atoms with Crippen LogP contribution in [0.3, 0.4) is 0 Å². The number of amides is 1. The van der Waals surface area contributed by atoms with E-state index < -0.39 is 5.60 Å². The molecule has 46 valence electrons. The van der Waals surface area contributed by atoms with Gasteiger partial charge in [-0.1, -0.05) is 0 Å². The molecule has 3 nitrogen and oxygen atoms in total. The van der Waals surface area contributed by atoms with Gasteiger partial charge < -0.3 is 10.0 Å². The summed E-state index contributed by atoms with van der Waals surface area (Å²) in [5, 5.41) is 9.01. The number of likely N-dealkylation sites (tertiary alicyclic amines) is 1. The summed E-state index contributed by atoms with van der Waals surface area (Å²) < 4.78 is 0. The van der Waals surface area contributed by atoms with Gasteiger partial charge in [-0.25, -0.2) is 0 Å². The van der Waals surface area contributed by atoms with Gasteiger partial charge in [-0.15, -0.1) is 0 Å². The van der Waals surface area contributed by atoms with Crippen molar-refractivity contribution in [2.75, 3.05) is 13.1 Å². The highest BCUT2D eigenvalue weighted by atomic mass is 16.3. The van der Waals surface area contributed by atoms with Gasteiger partial charge in [0.05, 0.1) is 18.7 Å². The van der Waals surface area contributed by atoms with Gasteiger partial charge in [0.2, 0.25) is 6.41 Å². The lowest BCUT2D eigenvalue weighted by Gasteiger charge is -2.41. The molecule has 1 rings (SSSR count). The van der Waals surface area contributed by atoms with Crippen molar-refractivity contribution in [2.24, 2.45) is 0 Å².